The van der Waals surface area contributed by atoms with Gasteiger partial charge in [0.15, 0.2) is 5.78 Å². The molecule has 1 unspecified atom stereocenters. The Morgan fingerprint density at radius 1 is 0.846 bits per heavy atom. The Kier molecular flexibility index (Phi) is 21.0. The van der Waals surface area contributed by atoms with E-state index in [1.807, 2.05) is 58.1 Å². The number of ether oxygens (including phenoxy) is 5. The lowest BCUT2D eigenvalue weighted by atomic mass is 9.78. The molecule has 65 heavy (non-hydrogen) atoms. The molecular weight excluding hydrogens is 835 g/mol. The zero-order chi connectivity index (χ0) is 48.2. The van der Waals surface area contributed by atoms with Crippen LogP contribution in [0.5, 0.6) is 0 Å². The van der Waals surface area contributed by atoms with Gasteiger partial charge in [-0.05, 0) is 107 Å². The van der Waals surface area contributed by atoms with Crippen LogP contribution in [0.25, 0.3) is 0 Å². The maximum absolute atomic E-state index is 14.4. The van der Waals surface area contributed by atoms with E-state index in [1.54, 1.807) is 41.1 Å². The van der Waals surface area contributed by atoms with Gasteiger partial charge in [0.1, 0.15) is 30.1 Å². The smallest absolute Gasteiger partial charge is 0.329 e. The number of cyclic esters (lactones) is 1. The van der Waals surface area contributed by atoms with Crippen LogP contribution in [-0.2, 0) is 47.7 Å². The van der Waals surface area contributed by atoms with Gasteiger partial charge >= 0.3 is 5.97 Å². The molecule has 15 atom stereocenters. The van der Waals surface area contributed by atoms with Crippen molar-refractivity contribution in [3.63, 3.8) is 0 Å². The summed E-state index contributed by atoms with van der Waals surface area (Å²) < 4.78 is 29.4. The molecule has 3 aliphatic heterocycles. The average Bonchev–Trinajstić information content (AvgIpc) is 3.28. The Hall–Kier alpha value is -3.37. The zero-order valence-electron chi connectivity index (χ0n) is 40.6. The molecule has 3 N–H and O–H groups in total. The van der Waals surface area contributed by atoms with Gasteiger partial charge < -0.3 is 43.9 Å². The monoisotopic (exact) mass is 914 g/mol. The van der Waals surface area contributed by atoms with Crippen molar-refractivity contribution < 1.29 is 63.0 Å². The number of fused-ring (bicyclic) bond motifs is 3. The maximum Gasteiger partial charge on any atom is 0.329 e. The molecule has 366 valence electrons. The van der Waals surface area contributed by atoms with Crippen LogP contribution in [0.1, 0.15) is 126 Å². The number of hydrogen-bond acceptors (Lipinski definition) is 13. The molecule has 4 rings (SSSR count). The van der Waals surface area contributed by atoms with Gasteiger partial charge in [0.2, 0.25) is 5.79 Å². The Labute approximate surface area is 387 Å². The summed E-state index contributed by atoms with van der Waals surface area (Å²) >= 11 is 0. The first-order valence-corrected chi connectivity index (χ1v) is 23.9. The third kappa shape index (κ3) is 14.3. The van der Waals surface area contributed by atoms with E-state index in [2.05, 4.69) is 0 Å². The van der Waals surface area contributed by atoms with Crippen molar-refractivity contribution in [1.82, 2.24) is 4.90 Å². The molecule has 14 heteroatoms. The fourth-order valence-electron chi connectivity index (χ4n) is 10.1. The average molecular weight is 914 g/mol. The fourth-order valence-corrected chi connectivity index (χ4v) is 10.1. The van der Waals surface area contributed by atoms with Gasteiger partial charge in [-0.2, -0.15) is 0 Å². The van der Waals surface area contributed by atoms with Gasteiger partial charge in [-0.3, -0.25) is 19.2 Å². The quantitative estimate of drug-likeness (QED) is 0.156. The number of esters is 1. The molecule has 2 bridgehead atoms. The summed E-state index contributed by atoms with van der Waals surface area (Å²) in [5, 5.41) is 33.8. The topological polar surface area (TPSA) is 195 Å². The van der Waals surface area contributed by atoms with Crippen LogP contribution < -0.4 is 0 Å². The van der Waals surface area contributed by atoms with E-state index in [0.717, 1.165) is 12.0 Å². The number of piperidine rings is 1. The van der Waals surface area contributed by atoms with E-state index in [9.17, 15) is 39.3 Å². The van der Waals surface area contributed by atoms with Crippen molar-refractivity contribution in [2.45, 2.75) is 180 Å². The van der Waals surface area contributed by atoms with Crippen molar-refractivity contribution in [1.29, 1.82) is 0 Å². The van der Waals surface area contributed by atoms with Gasteiger partial charge in [-0.1, -0.05) is 71.1 Å². The lowest BCUT2D eigenvalue weighted by Gasteiger charge is -2.42. The van der Waals surface area contributed by atoms with Crippen LogP contribution in [0.15, 0.2) is 47.6 Å². The minimum Gasteiger partial charge on any atom is -0.460 e. The van der Waals surface area contributed by atoms with Crippen molar-refractivity contribution in [3.05, 3.63) is 47.6 Å². The Bertz CT molecular complexity index is 1760. The summed E-state index contributed by atoms with van der Waals surface area (Å²) in [6, 6.07) is -1.14. The summed E-state index contributed by atoms with van der Waals surface area (Å²) in [7, 11) is 4.52. The highest BCUT2D eigenvalue weighted by molar-refractivity contribution is 6.39. The van der Waals surface area contributed by atoms with Gasteiger partial charge in [-0.25, -0.2) is 4.79 Å². The van der Waals surface area contributed by atoms with Crippen molar-refractivity contribution in [2.24, 2.45) is 35.5 Å². The molecule has 1 saturated carbocycles. The van der Waals surface area contributed by atoms with E-state index in [4.69, 9.17) is 23.7 Å². The largest absolute Gasteiger partial charge is 0.460 e. The second kappa shape index (κ2) is 25.1. The predicted octanol–water partition coefficient (Wildman–Crippen LogP) is 6.18. The lowest BCUT2D eigenvalue weighted by molar-refractivity contribution is -0.265. The highest BCUT2D eigenvalue weighted by Crippen LogP contribution is 2.38. The number of carbonyl (C=O) groups excluding carboxylic acids is 5. The number of amides is 1. The second-order valence-corrected chi connectivity index (χ2v) is 19.6. The number of Topliss-reactive ketones (excluding diaryl/α,β-unsaturated/α-hetero) is 3. The Balaban J connectivity index is 1.70. The van der Waals surface area contributed by atoms with Gasteiger partial charge in [0.05, 0.1) is 24.4 Å². The first-order valence-electron chi connectivity index (χ1n) is 23.9. The summed E-state index contributed by atoms with van der Waals surface area (Å²) in [6.07, 6.45) is 11.2. The number of rotatable bonds is 6. The number of nitrogens with zero attached hydrogens (tertiary/aromatic N) is 1. The van der Waals surface area contributed by atoms with E-state index in [-0.39, 0.29) is 54.8 Å². The molecular formula is C51H79NO13. The molecule has 3 fully saturated rings. The van der Waals surface area contributed by atoms with Crippen LogP contribution >= 0.6 is 0 Å². The Morgan fingerprint density at radius 2 is 1.57 bits per heavy atom. The molecule has 1 aliphatic carbocycles. The molecule has 0 radical (unpaired) electrons. The number of methoxy groups -OCH3 is 3. The summed E-state index contributed by atoms with van der Waals surface area (Å²) in [5.74, 6) is -7.96. The maximum atomic E-state index is 14.4. The third-order valence-electron chi connectivity index (χ3n) is 14.5. The standard InChI is InChI=1S/C51H79NO13/c1-30-16-12-11-13-17-31(2)42(61-8)28-38-21-19-36(7)51(60,65-38)48(57)49(58)52-23-15-14-18-39(52)50(59)64-43(33(4)26-37-20-22-40(53)44(27-37)62-9)29-41(54)32(3)25-35(6)46(56)47(63-10)45(55)34(5)24-30/h11-13,16-17,25,30,32-34,36-40,42-44,46-47,53,56,60H,14-15,18-24,26-29H2,1-10H3/b13-11?,16-12-,31-17?,35-25+/t30-,32-,33?,34-,36-,37+,38-,39+,40-,42+,43+,44-,46-,47+,51-/m1/s1. The summed E-state index contributed by atoms with van der Waals surface area (Å²) in [4.78, 5) is 71.8. The molecule has 0 aromatic rings. The van der Waals surface area contributed by atoms with Crippen LogP contribution in [-0.4, -0.2) is 132 Å². The highest BCUT2D eigenvalue weighted by atomic mass is 16.6. The van der Waals surface area contributed by atoms with Gasteiger partial charge in [0.25, 0.3) is 11.7 Å². The number of hydrogen-bond donors (Lipinski definition) is 3. The van der Waals surface area contributed by atoms with E-state index >= 15 is 0 Å². The third-order valence-corrected chi connectivity index (χ3v) is 14.5. The van der Waals surface area contributed by atoms with Crippen molar-refractivity contribution in [2.75, 3.05) is 27.9 Å². The number of carbonyl (C=O) groups is 5. The van der Waals surface area contributed by atoms with Crippen LogP contribution in [0, 0.1) is 35.5 Å². The number of aliphatic hydroxyl groups excluding tert-OH is 2. The van der Waals surface area contributed by atoms with Crippen LogP contribution in [0.4, 0.5) is 0 Å². The summed E-state index contributed by atoms with van der Waals surface area (Å²) in [6.45, 7) is 12.7. The normalized spacial score (nSPS) is 39.1. The first kappa shape index (κ1) is 54.2. The highest BCUT2D eigenvalue weighted by Gasteiger charge is 2.53. The fraction of sp³-hybridized carbons (Fsp3) is 0.745. The van der Waals surface area contributed by atoms with Crippen molar-refractivity contribution in [3.8, 4) is 0 Å². The minimum atomic E-state index is -2.43. The van der Waals surface area contributed by atoms with Crippen LogP contribution in [0.2, 0.25) is 0 Å². The number of ketones is 3. The molecule has 1 amide bonds. The molecule has 0 aromatic heterocycles. The molecule has 0 spiro atoms. The predicted molar refractivity (Wildman–Crippen MR) is 245 cm³/mol. The van der Waals surface area contributed by atoms with Crippen molar-refractivity contribution >= 4 is 29.2 Å². The Morgan fingerprint density at radius 3 is 2.25 bits per heavy atom. The minimum absolute atomic E-state index is 0.0193. The van der Waals surface area contributed by atoms with Crippen LogP contribution in [0.3, 0.4) is 0 Å². The van der Waals surface area contributed by atoms with E-state index < -0.39 is 83.9 Å². The van der Waals surface area contributed by atoms with E-state index in [0.29, 0.717) is 63.4 Å². The lowest BCUT2D eigenvalue weighted by Crippen LogP contribution is -2.61. The van der Waals surface area contributed by atoms with Gasteiger partial charge in [0, 0.05) is 58.5 Å². The van der Waals surface area contributed by atoms with Gasteiger partial charge in [-0.15, -0.1) is 0 Å². The molecule has 3 heterocycles. The summed E-state index contributed by atoms with van der Waals surface area (Å²) in [5.41, 5.74) is 1.27. The SMILES string of the molecule is CO[C@H]1C[C@H]2CC[C@@H](C)[C@@](O)(O2)C(=O)C(=O)N2CCCC[C@H]2C(=O)O[C@H](C(C)C[C@@H]2CC[C@@H](O)[C@H](OC)C2)CC(=O)[C@H](C)/C=C(\C)[C@@H](O)[C@@H](OC)C(=O)[C@H](C)C[C@H](C)/C=C\C=CC=C1C. The molecule has 14 nitrogen and oxygen atoms in total. The van der Waals surface area contributed by atoms with E-state index in [1.165, 1.54) is 12.0 Å². The first-order chi connectivity index (χ1) is 30.7. The second-order valence-electron chi connectivity index (χ2n) is 19.6. The zero-order valence-corrected chi connectivity index (χ0v) is 40.6. The number of aliphatic hydroxyl groups is 3. The molecule has 4 aliphatic rings. The molecule has 2 saturated heterocycles. The number of allylic oxidation sites excluding steroid dienone is 6. The molecule has 0 aromatic carbocycles.